The summed E-state index contributed by atoms with van der Waals surface area (Å²) in [5.41, 5.74) is 2.57. The lowest BCUT2D eigenvalue weighted by atomic mass is 9.95. The van der Waals surface area contributed by atoms with Gasteiger partial charge in [0, 0.05) is 0 Å². The third kappa shape index (κ3) is 2.88. The van der Waals surface area contributed by atoms with Gasteiger partial charge in [-0.1, -0.05) is 42.0 Å². The second kappa shape index (κ2) is 5.05. The van der Waals surface area contributed by atoms with Crippen molar-refractivity contribution >= 4 is 0 Å². The normalized spacial score (nSPS) is 12.2. The minimum atomic E-state index is 0.217. The molecule has 0 saturated heterocycles. The van der Waals surface area contributed by atoms with Crippen molar-refractivity contribution in [3.05, 3.63) is 71.2 Å². The lowest BCUT2D eigenvalue weighted by molar-refractivity contribution is 0.480. The second-order valence-corrected chi connectivity index (χ2v) is 4.58. The molecule has 0 fully saturated rings. The highest BCUT2D eigenvalue weighted by molar-refractivity contribution is 5.33. The van der Waals surface area contributed by atoms with E-state index < -0.39 is 0 Å². The molecule has 1 unspecified atom stereocenters. The van der Waals surface area contributed by atoms with Gasteiger partial charge < -0.3 is 4.42 Å². The Morgan fingerprint density at radius 1 is 1.06 bits per heavy atom. The smallest absolute Gasteiger partial charge is 0.115 e. The fraction of sp³-hybridized carbons (Fsp3) is 0.250. The molecule has 2 rings (SSSR count). The van der Waals surface area contributed by atoms with Crippen LogP contribution in [0.1, 0.15) is 36.8 Å². The van der Waals surface area contributed by atoms with Crippen molar-refractivity contribution in [2.75, 3.05) is 0 Å². The van der Waals surface area contributed by atoms with Gasteiger partial charge in [0.2, 0.25) is 0 Å². The molecule has 88 valence electrons. The summed E-state index contributed by atoms with van der Waals surface area (Å²) in [7, 11) is 0. The van der Waals surface area contributed by atoms with Crippen molar-refractivity contribution in [1.29, 1.82) is 0 Å². The van der Waals surface area contributed by atoms with E-state index in [4.69, 9.17) is 4.42 Å². The van der Waals surface area contributed by atoms with Crippen molar-refractivity contribution in [1.82, 2.24) is 0 Å². The van der Waals surface area contributed by atoms with Gasteiger partial charge in [-0.2, -0.15) is 0 Å². The topological polar surface area (TPSA) is 13.1 Å². The number of rotatable bonds is 3. The van der Waals surface area contributed by atoms with Gasteiger partial charge >= 0.3 is 0 Å². The van der Waals surface area contributed by atoms with Crippen LogP contribution >= 0.6 is 0 Å². The molecule has 1 atom stereocenters. The zero-order valence-corrected chi connectivity index (χ0v) is 10.6. The molecule has 0 N–H and O–H groups in total. The average molecular weight is 226 g/mol. The van der Waals surface area contributed by atoms with E-state index in [9.17, 15) is 0 Å². The van der Waals surface area contributed by atoms with Gasteiger partial charge in [0.1, 0.15) is 11.5 Å². The van der Waals surface area contributed by atoms with Crippen molar-refractivity contribution < 1.29 is 4.42 Å². The summed E-state index contributed by atoms with van der Waals surface area (Å²) in [5, 5.41) is 0. The van der Waals surface area contributed by atoms with E-state index in [1.54, 1.807) is 0 Å². The Labute approximate surface area is 103 Å². The van der Waals surface area contributed by atoms with Crippen LogP contribution in [0.5, 0.6) is 0 Å². The van der Waals surface area contributed by atoms with Gasteiger partial charge in [-0.15, -0.1) is 0 Å². The molecule has 17 heavy (non-hydrogen) atoms. The van der Waals surface area contributed by atoms with Crippen LogP contribution in [0.4, 0.5) is 0 Å². The number of benzene rings is 1. The molecule has 2 aromatic rings. The molecule has 0 amide bonds. The SMILES string of the molecule is CC(C)=CC(c1ccccc1)c1ccc(C)o1. The highest BCUT2D eigenvalue weighted by Gasteiger charge is 2.14. The maximum atomic E-state index is 5.76. The van der Waals surface area contributed by atoms with Crippen molar-refractivity contribution in [3.63, 3.8) is 0 Å². The second-order valence-electron chi connectivity index (χ2n) is 4.58. The summed E-state index contributed by atoms with van der Waals surface area (Å²) in [4.78, 5) is 0. The van der Waals surface area contributed by atoms with Crippen LogP contribution in [-0.2, 0) is 0 Å². The Bertz CT molecular complexity index is 501. The minimum absolute atomic E-state index is 0.217. The number of furan rings is 1. The van der Waals surface area contributed by atoms with Crippen molar-refractivity contribution in [2.45, 2.75) is 26.7 Å². The third-order valence-electron chi connectivity index (χ3n) is 2.73. The molecule has 1 heterocycles. The van der Waals surface area contributed by atoms with Gasteiger partial charge in [-0.25, -0.2) is 0 Å². The van der Waals surface area contributed by atoms with Gasteiger partial charge in [-0.3, -0.25) is 0 Å². The molecule has 0 bridgehead atoms. The summed E-state index contributed by atoms with van der Waals surface area (Å²) < 4.78 is 5.76. The van der Waals surface area contributed by atoms with E-state index in [2.05, 4.69) is 50.3 Å². The van der Waals surface area contributed by atoms with Gasteiger partial charge in [0.15, 0.2) is 0 Å². The summed E-state index contributed by atoms with van der Waals surface area (Å²) in [6.45, 7) is 6.21. The molecule has 0 aliphatic heterocycles. The summed E-state index contributed by atoms with van der Waals surface area (Å²) in [6, 6.07) is 14.5. The van der Waals surface area contributed by atoms with Gasteiger partial charge in [0.25, 0.3) is 0 Å². The quantitative estimate of drug-likeness (QED) is 0.692. The molecule has 1 aromatic heterocycles. The van der Waals surface area contributed by atoms with E-state index in [0.717, 1.165) is 11.5 Å². The first-order valence-electron chi connectivity index (χ1n) is 5.93. The van der Waals surface area contributed by atoms with Gasteiger partial charge in [0.05, 0.1) is 5.92 Å². The Hall–Kier alpha value is -1.76. The molecule has 0 aliphatic rings. The zero-order valence-electron chi connectivity index (χ0n) is 10.6. The molecular weight excluding hydrogens is 208 g/mol. The predicted octanol–water partition coefficient (Wildman–Crippen LogP) is 4.69. The monoisotopic (exact) mass is 226 g/mol. The maximum Gasteiger partial charge on any atom is 0.115 e. The van der Waals surface area contributed by atoms with Crippen molar-refractivity contribution in [2.24, 2.45) is 0 Å². The number of hydrogen-bond acceptors (Lipinski definition) is 1. The molecule has 1 heteroatoms. The van der Waals surface area contributed by atoms with Crippen LogP contribution in [0, 0.1) is 6.92 Å². The first kappa shape index (κ1) is 11.7. The molecule has 0 aliphatic carbocycles. The van der Waals surface area contributed by atoms with E-state index in [1.165, 1.54) is 11.1 Å². The first-order chi connectivity index (χ1) is 8.16. The fourth-order valence-electron chi connectivity index (χ4n) is 1.96. The first-order valence-corrected chi connectivity index (χ1v) is 5.93. The Balaban J connectivity index is 2.42. The van der Waals surface area contributed by atoms with Crippen LogP contribution in [0.25, 0.3) is 0 Å². The lowest BCUT2D eigenvalue weighted by Gasteiger charge is -2.11. The van der Waals surface area contributed by atoms with Crippen LogP contribution in [0.2, 0.25) is 0 Å². The standard InChI is InChI=1S/C16H18O/c1-12(2)11-15(14-7-5-4-6-8-14)16-10-9-13(3)17-16/h4-11,15H,1-3H3. The van der Waals surface area contributed by atoms with E-state index >= 15 is 0 Å². The van der Waals surface area contributed by atoms with E-state index in [-0.39, 0.29) is 5.92 Å². The van der Waals surface area contributed by atoms with Gasteiger partial charge in [-0.05, 0) is 38.5 Å². The molecular formula is C16H18O. The highest BCUT2D eigenvalue weighted by atomic mass is 16.3. The Morgan fingerprint density at radius 2 is 1.76 bits per heavy atom. The number of allylic oxidation sites excluding steroid dienone is 2. The van der Waals surface area contributed by atoms with Crippen LogP contribution < -0.4 is 0 Å². The lowest BCUT2D eigenvalue weighted by Crippen LogP contribution is -1.96. The molecule has 0 radical (unpaired) electrons. The van der Waals surface area contributed by atoms with Crippen LogP contribution in [-0.4, -0.2) is 0 Å². The predicted molar refractivity (Wildman–Crippen MR) is 71.2 cm³/mol. The third-order valence-corrected chi connectivity index (χ3v) is 2.73. The Morgan fingerprint density at radius 3 is 2.29 bits per heavy atom. The minimum Gasteiger partial charge on any atom is -0.465 e. The largest absolute Gasteiger partial charge is 0.465 e. The maximum absolute atomic E-state index is 5.76. The highest BCUT2D eigenvalue weighted by Crippen LogP contribution is 2.28. The Kier molecular flexibility index (Phi) is 3.48. The van der Waals surface area contributed by atoms with E-state index in [1.807, 2.05) is 19.1 Å². The summed E-state index contributed by atoms with van der Waals surface area (Å²) >= 11 is 0. The van der Waals surface area contributed by atoms with Crippen molar-refractivity contribution in [3.8, 4) is 0 Å². The summed E-state index contributed by atoms with van der Waals surface area (Å²) in [5.74, 6) is 2.19. The number of hydrogen-bond donors (Lipinski definition) is 0. The number of aryl methyl sites for hydroxylation is 1. The van der Waals surface area contributed by atoms with E-state index in [0.29, 0.717) is 0 Å². The fourth-order valence-corrected chi connectivity index (χ4v) is 1.96. The van der Waals surface area contributed by atoms with Crippen LogP contribution in [0.3, 0.4) is 0 Å². The molecule has 1 aromatic carbocycles. The molecule has 1 nitrogen and oxygen atoms in total. The molecule has 0 spiro atoms. The average Bonchev–Trinajstić information content (AvgIpc) is 2.73. The zero-order chi connectivity index (χ0) is 12.3. The summed E-state index contributed by atoms with van der Waals surface area (Å²) in [6.07, 6.45) is 2.24. The molecule has 0 saturated carbocycles. The van der Waals surface area contributed by atoms with Crippen LogP contribution in [0.15, 0.2) is 58.5 Å².